The van der Waals surface area contributed by atoms with Crippen molar-refractivity contribution in [1.82, 2.24) is 0 Å². The molecule has 0 saturated carbocycles. The van der Waals surface area contributed by atoms with Gasteiger partial charge in [-0.25, -0.2) is 4.79 Å². The van der Waals surface area contributed by atoms with E-state index in [0.29, 0.717) is 29.2 Å². The Morgan fingerprint density at radius 1 is 1.09 bits per heavy atom. The van der Waals surface area contributed by atoms with Crippen molar-refractivity contribution >= 4 is 29.5 Å². The first-order valence-corrected chi connectivity index (χ1v) is 6.65. The molecular weight excluding hydrogens is 282 g/mol. The minimum absolute atomic E-state index is 0.358. The molecule has 0 aliphatic rings. The number of carbonyl (C=O) groups is 2. The SMILES string of the molecule is COc1cccc(NC(=O)Nc2ccc(NC=O)c(C)c2)c1. The molecule has 0 heterocycles. The van der Waals surface area contributed by atoms with Crippen LogP contribution in [0.2, 0.25) is 0 Å². The van der Waals surface area contributed by atoms with Crippen LogP contribution in [0.4, 0.5) is 21.9 Å². The van der Waals surface area contributed by atoms with Gasteiger partial charge in [-0.2, -0.15) is 0 Å². The summed E-state index contributed by atoms with van der Waals surface area (Å²) in [5.74, 6) is 0.665. The number of aryl methyl sites for hydroxylation is 1. The fourth-order valence-corrected chi connectivity index (χ4v) is 1.96. The lowest BCUT2D eigenvalue weighted by Gasteiger charge is -2.10. The van der Waals surface area contributed by atoms with Gasteiger partial charge in [-0.05, 0) is 42.8 Å². The fraction of sp³-hybridized carbons (Fsp3) is 0.125. The highest BCUT2D eigenvalue weighted by Crippen LogP contribution is 2.20. The maximum atomic E-state index is 12.0. The van der Waals surface area contributed by atoms with Gasteiger partial charge in [0.15, 0.2) is 0 Å². The third kappa shape index (κ3) is 3.99. The Morgan fingerprint density at radius 3 is 2.45 bits per heavy atom. The molecule has 0 fully saturated rings. The summed E-state index contributed by atoms with van der Waals surface area (Å²) >= 11 is 0. The topological polar surface area (TPSA) is 79.5 Å². The second-order valence-corrected chi connectivity index (χ2v) is 4.60. The Kier molecular flexibility index (Phi) is 4.98. The van der Waals surface area contributed by atoms with E-state index in [4.69, 9.17) is 4.74 Å². The van der Waals surface area contributed by atoms with Gasteiger partial charge in [-0.15, -0.1) is 0 Å². The van der Waals surface area contributed by atoms with Crippen molar-refractivity contribution in [3.63, 3.8) is 0 Å². The van der Waals surface area contributed by atoms with Gasteiger partial charge in [0.05, 0.1) is 7.11 Å². The van der Waals surface area contributed by atoms with Crippen LogP contribution in [-0.4, -0.2) is 19.6 Å². The summed E-state index contributed by atoms with van der Waals surface area (Å²) in [6.45, 7) is 1.84. The second kappa shape index (κ2) is 7.12. The largest absolute Gasteiger partial charge is 0.497 e. The van der Waals surface area contributed by atoms with Gasteiger partial charge in [0.1, 0.15) is 5.75 Å². The number of anilines is 3. The third-order valence-electron chi connectivity index (χ3n) is 3.03. The van der Waals surface area contributed by atoms with Crippen molar-refractivity contribution in [3.8, 4) is 5.75 Å². The summed E-state index contributed by atoms with van der Waals surface area (Å²) < 4.78 is 5.10. The number of hydrogen-bond acceptors (Lipinski definition) is 3. The molecule has 0 aromatic heterocycles. The molecule has 6 heteroatoms. The van der Waals surface area contributed by atoms with Gasteiger partial charge in [0.2, 0.25) is 6.41 Å². The van der Waals surface area contributed by atoms with Crippen LogP contribution in [0.25, 0.3) is 0 Å². The van der Waals surface area contributed by atoms with Gasteiger partial charge in [0, 0.05) is 23.1 Å². The first-order valence-electron chi connectivity index (χ1n) is 6.65. The van der Waals surface area contributed by atoms with E-state index < -0.39 is 0 Å². The highest BCUT2D eigenvalue weighted by atomic mass is 16.5. The molecule has 0 atom stereocenters. The Morgan fingerprint density at radius 2 is 1.82 bits per heavy atom. The standard InChI is InChI=1S/C16H17N3O3/c1-11-8-13(6-7-15(11)17-10-20)19-16(21)18-12-4-3-5-14(9-12)22-2/h3-10H,1-2H3,(H,17,20)(H2,18,19,21). The van der Waals surface area contributed by atoms with E-state index >= 15 is 0 Å². The minimum Gasteiger partial charge on any atom is -0.497 e. The van der Waals surface area contributed by atoms with E-state index in [0.717, 1.165) is 5.56 Å². The maximum Gasteiger partial charge on any atom is 0.323 e. The van der Waals surface area contributed by atoms with Gasteiger partial charge in [-0.3, -0.25) is 4.79 Å². The lowest BCUT2D eigenvalue weighted by atomic mass is 10.2. The molecule has 2 aromatic carbocycles. The van der Waals surface area contributed by atoms with E-state index in [9.17, 15) is 9.59 Å². The molecule has 0 aliphatic carbocycles. The van der Waals surface area contributed by atoms with E-state index in [2.05, 4.69) is 16.0 Å². The zero-order chi connectivity index (χ0) is 15.9. The van der Waals surface area contributed by atoms with Crippen molar-refractivity contribution in [2.24, 2.45) is 0 Å². The van der Waals surface area contributed by atoms with E-state index in [1.54, 1.807) is 49.6 Å². The van der Waals surface area contributed by atoms with Crippen LogP contribution in [0.1, 0.15) is 5.56 Å². The van der Waals surface area contributed by atoms with Crippen LogP contribution >= 0.6 is 0 Å². The first kappa shape index (κ1) is 15.4. The van der Waals surface area contributed by atoms with Gasteiger partial charge < -0.3 is 20.7 Å². The lowest BCUT2D eigenvalue weighted by molar-refractivity contribution is -0.105. The zero-order valence-electron chi connectivity index (χ0n) is 12.3. The summed E-state index contributed by atoms with van der Waals surface area (Å²) in [5, 5.41) is 8.04. The number of ether oxygens (including phenoxy) is 1. The average Bonchev–Trinajstić information content (AvgIpc) is 2.50. The summed E-state index contributed by atoms with van der Waals surface area (Å²) in [4.78, 5) is 22.4. The Hall–Kier alpha value is -3.02. The van der Waals surface area contributed by atoms with Crippen LogP contribution in [0.5, 0.6) is 5.75 Å². The van der Waals surface area contributed by atoms with Gasteiger partial charge in [-0.1, -0.05) is 6.07 Å². The van der Waals surface area contributed by atoms with E-state index in [-0.39, 0.29) is 6.03 Å². The summed E-state index contributed by atoms with van der Waals surface area (Å²) in [6, 6.07) is 11.9. The van der Waals surface area contributed by atoms with Crippen LogP contribution in [0.3, 0.4) is 0 Å². The molecule has 2 rings (SSSR count). The molecule has 114 valence electrons. The Labute approximate surface area is 128 Å². The number of carbonyl (C=O) groups excluding carboxylic acids is 2. The zero-order valence-corrected chi connectivity index (χ0v) is 12.3. The van der Waals surface area contributed by atoms with Crippen LogP contribution in [0, 0.1) is 6.92 Å². The minimum atomic E-state index is -0.358. The van der Waals surface area contributed by atoms with E-state index in [1.165, 1.54) is 0 Å². The number of urea groups is 1. The van der Waals surface area contributed by atoms with Crippen molar-refractivity contribution < 1.29 is 14.3 Å². The average molecular weight is 299 g/mol. The highest BCUT2D eigenvalue weighted by Gasteiger charge is 2.05. The molecule has 0 bridgehead atoms. The number of methoxy groups -OCH3 is 1. The van der Waals surface area contributed by atoms with Crippen molar-refractivity contribution in [2.75, 3.05) is 23.1 Å². The molecule has 0 saturated heterocycles. The molecule has 6 nitrogen and oxygen atoms in total. The highest BCUT2D eigenvalue weighted by molar-refractivity contribution is 6.00. The summed E-state index contributed by atoms with van der Waals surface area (Å²) in [7, 11) is 1.57. The Balaban J connectivity index is 2.02. The number of rotatable bonds is 5. The predicted molar refractivity (Wildman–Crippen MR) is 86.5 cm³/mol. The third-order valence-corrected chi connectivity index (χ3v) is 3.03. The normalized spacial score (nSPS) is 9.73. The van der Waals surface area contributed by atoms with Crippen molar-refractivity contribution in [1.29, 1.82) is 0 Å². The number of nitrogens with one attached hydrogen (secondary N) is 3. The molecule has 0 spiro atoms. The second-order valence-electron chi connectivity index (χ2n) is 4.60. The van der Waals surface area contributed by atoms with E-state index in [1.807, 2.05) is 6.92 Å². The van der Waals surface area contributed by atoms with Crippen LogP contribution < -0.4 is 20.7 Å². The molecule has 3 amide bonds. The summed E-state index contributed by atoms with van der Waals surface area (Å²) in [5.41, 5.74) is 2.82. The van der Waals surface area contributed by atoms with Crippen molar-refractivity contribution in [3.05, 3.63) is 48.0 Å². The lowest BCUT2D eigenvalue weighted by Crippen LogP contribution is -2.19. The number of amides is 3. The predicted octanol–water partition coefficient (Wildman–Crippen LogP) is 3.22. The molecule has 2 aromatic rings. The summed E-state index contributed by atoms with van der Waals surface area (Å²) in [6.07, 6.45) is 0.616. The Bertz CT molecular complexity index is 686. The smallest absolute Gasteiger partial charge is 0.323 e. The number of hydrogen-bond donors (Lipinski definition) is 3. The van der Waals surface area contributed by atoms with Crippen molar-refractivity contribution in [2.45, 2.75) is 6.92 Å². The number of benzene rings is 2. The van der Waals surface area contributed by atoms with Crippen LogP contribution in [0.15, 0.2) is 42.5 Å². The maximum absolute atomic E-state index is 12.0. The fourth-order valence-electron chi connectivity index (χ4n) is 1.96. The molecular formula is C16H17N3O3. The first-order chi connectivity index (χ1) is 10.6. The molecule has 0 aliphatic heterocycles. The molecule has 0 radical (unpaired) electrons. The van der Waals surface area contributed by atoms with Gasteiger partial charge in [0.25, 0.3) is 0 Å². The van der Waals surface area contributed by atoms with Crippen LogP contribution in [-0.2, 0) is 4.79 Å². The van der Waals surface area contributed by atoms with Gasteiger partial charge >= 0.3 is 6.03 Å². The monoisotopic (exact) mass is 299 g/mol. The molecule has 22 heavy (non-hydrogen) atoms. The quantitative estimate of drug-likeness (QED) is 0.742. The molecule has 0 unspecified atom stereocenters. The molecule has 3 N–H and O–H groups in total.